The lowest BCUT2D eigenvalue weighted by atomic mass is 10.2. The molecule has 0 spiro atoms. The summed E-state index contributed by atoms with van der Waals surface area (Å²) in [5.74, 6) is 0. The first-order chi connectivity index (χ1) is 9.31. The van der Waals surface area contributed by atoms with Gasteiger partial charge in [-0.05, 0) is 19.1 Å². The summed E-state index contributed by atoms with van der Waals surface area (Å²) >= 11 is 3.40. The number of thiazole rings is 1. The Labute approximate surface area is 121 Å². The Morgan fingerprint density at radius 3 is 2.42 bits per heavy atom. The summed E-state index contributed by atoms with van der Waals surface area (Å²) in [5.41, 5.74) is 2.47. The molecule has 2 aromatic carbocycles. The molecule has 1 nitrogen and oxygen atoms in total. The van der Waals surface area contributed by atoms with E-state index in [9.17, 15) is 0 Å². The highest BCUT2D eigenvalue weighted by atomic mass is 32.2. The molecule has 0 fully saturated rings. The van der Waals surface area contributed by atoms with Crippen LogP contribution < -0.4 is 0 Å². The Kier molecular flexibility index (Phi) is 3.67. The van der Waals surface area contributed by atoms with E-state index in [-0.39, 0.29) is 0 Å². The molecule has 0 N–H and O–H groups in total. The second-order valence-electron chi connectivity index (χ2n) is 4.27. The summed E-state index contributed by atoms with van der Waals surface area (Å²) in [6.45, 7) is 2.10. The fourth-order valence-electron chi connectivity index (χ4n) is 1.75. The third-order valence-electron chi connectivity index (χ3n) is 2.75. The number of rotatable bonds is 3. The van der Waals surface area contributed by atoms with Crippen LogP contribution in [0.15, 0.2) is 69.9 Å². The first-order valence-corrected chi connectivity index (χ1v) is 7.76. The van der Waals surface area contributed by atoms with Gasteiger partial charge in [-0.15, -0.1) is 11.3 Å². The predicted molar refractivity (Wildman–Crippen MR) is 82.9 cm³/mol. The van der Waals surface area contributed by atoms with E-state index in [2.05, 4.69) is 53.7 Å². The molecule has 0 bridgehead atoms. The van der Waals surface area contributed by atoms with E-state index in [1.54, 1.807) is 23.1 Å². The second-order valence-corrected chi connectivity index (χ2v) is 6.22. The van der Waals surface area contributed by atoms with Crippen molar-refractivity contribution in [3.8, 4) is 10.6 Å². The van der Waals surface area contributed by atoms with Crippen LogP contribution in [0.1, 0.15) is 5.56 Å². The Morgan fingerprint density at radius 1 is 0.947 bits per heavy atom. The van der Waals surface area contributed by atoms with Gasteiger partial charge in [0.25, 0.3) is 0 Å². The number of benzene rings is 2. The summed E-state index contributed by atoms with van der Waals surface area (Å²) in [7, 11) is 0. The SMILES string of the molecule is Cc1ccc(Sc2csc(-c3ccccc3)n2)cc1. The van der Waals surface area contributed by atoms with Gasteiger partial charge in [-0.3, -0.25) is 0 Å². The third-order valence-corrected chi connectivity index (χ3v) is 4.71. The van der Waals surface area contributed by atoms with Crippen LogP contribution in [0.25, 0.3) is 10.6 Å². The molecule has 3 heteroatoms. The molecule has 0 atom stereocenters. The molecule has 0 saturated carbocycles. The van der Waals surface area contributed by atoms with Gasteiger partial charge >= 0.3 is 0 Å². The van der Waals surface area contributed by atoms with Crippen molar-refractivity contribution in [3.05, 3.63) is 65.5 Å². The van der Waals surface area contributed by atoms with Crippen LogP contribution in [0.5, 0.6) is 0 Å². The van der Waals surface area contributed by atoms with Gasteiger partial charge in [-0.2, -0.15) is 0 Å². The van der Waals surface area contributed by atoms with Gasteiger partial charge in [0.1, 0.15) is 10.0 Å². The zero-order valence-electron chi connectivity index (χ0n) is 10.5. The van der Waals surface area contributed by atoms with Gasteiger partial charge in [0.2, 0.25) is 0 Å². The van der Waals surface area contributed by atoms with Crippen LogP contribution in [0.4, 0.5) is 0 Å². The summed E-state index contributed by atoms with van der Waals surface area (Å²) in [6.07, 6.45) is 0. The van der Waals surface area contributed by atoms with E-state index in [1.807, 2.05) is 18.2 Å². The van der Waals surface area contributed by atoms with Gasteiger partial charge in [0.05, 0.1) is 0 Å². The van der Waals surface area contributed by atoms with E-state index in [0.717, 1.165) is 10.0 Å². The smallest absolute Gasteiger partial charge is 0.124 e. The van der Waals surface area contributed by atoms with Crippen molar-refractivity contribution < 1.29 is 0 Å². The van der Waals surface area contributed by atoms with Crippen molar-refractivity contribution >= 4 is 23.1 Å². The number of aryl methyl sites for hydroxylation is 1. The molecule has 1 aromatic heterocycles. The normalized spacial score (nSPS) is 10.6. The maximum absolute atomic E-state index is 4.68. The van der Waals surface area contributed by atoms with Crippen molar-refractivity contribution in [2.45, 2.75) is 16.8 Å². The van der Waals surface area contributed by atoms with E-state index in [4.69, 9.17) is 0 Å². The standard InChI is InChI=1S/C16H13NS2/c1-12-7-9-14(10-8-12)19-15-11-18-16(17-15)13-5-3-2-4-6-13/h2-11H,1H3. The molecule has 3 rings (SSSR count). The van der Waals surface area contributed by atoms with Crippen LogP contribution in [0.2, 0.25) is 0 Å². The molecule has 19 heavy (non-hydrogen) atoms. The molecule has 1 heterocycles. The van der Waals surface area contributed by atoms with Crippen LogP contribution in [-0.2, 0) is 0 Å². The van der Waals surface area contributed by atoms with E-state index in [0.29, 0.717) is 0 Å². The first kappa shape index (κ1) is 12.5. The lowest BCUT2D eigenvalue weighted by Gasteiger charge is -1.98. The van der Waals surface area contributed by atoms with Gasteiger partial charge in [-0.1, -0.05) is 59.8 Å². The lowest BCUT2D eigenvalue weighted by Crippen LogP contribution is -1.77. The Balaban J connectivity index is 1.80. The topological polar surface area (TPSA) is 12.9 Å². The molecular weight excluding hydrogens is 270 g/mol. The highest BCUT2D eigenvalue weighted by molar-refractivity contribution is 7.99. The van der Waals surface area contributed by atoms with Crippen molar-refractivity contribution in [2.75, 3.05) is 0 Å². The maximum Gasteiger partial charge on any atom is 0.124 e. The molecule has 0 aliphatic heterocycles. The number of nitrogens with zero attached hydrogens (tertiary/aromatic N) is 1. The third kappa shape index (κ3) is 3.06. The van der Waals surface area contributed by atoms with E-state index >= 15 is 0 Å². The Morgan fingerprint density at radius 2 is 1.68 bits per heavy atom. The maximum atomic E-state index is 4.68. The molecule has 0 radical (unpaired) electrons. The minimum Gasteiger partial charge on any atom is -0.229 e. The summed E-state index contributed by atoms with van der Waals surface area (Å²) in [6, 6.07) is 18.9. The quantitative estimate of drug-likeness (QED) is 0.649. The molecular formula is C16H13NS2. The van der Waals surface area contributed by atoms with Crippen molar-refractivity contribution in [1.82, 2.24) is 4.98 Å². The molecule has 0 aliphatic carbocycles. The molecule has 0 saturated heterocycles. The molecule has 94 valence electrons. The number of hydrogen-bond acceptors (Lipinski definition) is 3. The summed E-state index contributed by atoms with van der Waals surface area (Å²) in [4.78, 5) is 5.91. The zero-order chi connectivity index (χ0) is 13.1. The van der Waals surface area contributed by atoms with Gasteiger partial charge in [0, 0.05) is 15.8 Å². The minimum absolute atomic E-state index is 1.06. The lowest BCUT2D eigenvalue weighted by molar-refractivity contribution is 1.20. The van der Waals surface area contributed by atoms with Crippen molar-refractivity contribution in [2.24, 2.45) is 0 Å². The first-order valence-electron chi connectivity index (χ1n) is 6.07. The largest absolute Gasteiger partial charge is 0.229 e. The fourth-order valence-corrected chi connectivity index (χ4v) is 3.48. The number of aromatic nitrogens is 1. The predicted octanol–water partition coefficient (Wildman–Crippen LogP) is 5.27. The van der Waals surface area contributed by atoms with Crippen LogP contribution in [-0.4, -0.2) is 4.98 Å². The van der Waals surface area contributed by atoms with Crippen molar-refractivity contribution in [1.29, 1.82) is 0 Å². The minimum atomic E-state index is 1.06. The second kappa shape index (κ2) is 5.59. The Bertz CT molecular complexity index is 657. The van der Waals surface area contributed by atoms with Crippen molar-refractivity contribution in [3.63, 3.8) is 0 Å². The Hall–Kier alpha value is -1.58. The molecule has 3 aromatic rings. The summed E-state index contributed by atoms with van der Waals surface area (Å²) < 4.78 is 0. The highest BCUT2D eigenvalue weighted by Crippen LogP contribution is 2.32. The highest BCUT2D eigenvalue weighted by Gasteiger charge is 2.05. The van der Waals surface area contributed by atoms with E-state index < -0.39 is 0 Å². The molecule has 0 aliphatic rings. The van der Waals surface area contributed by atoms with Crippen LogP contribution >= 0.6 is 23.1 Å². The molecule has 0 amide bonds. The average Bonchev–Trinajstić information content (AvgIpc) is 2.91. The van der Waals surface area contributed by atoms with Gasteiger partial charge < -0.3 is 0 Å². The average molecular weight is 283 g/mol. The monoisotopic (exact) mass is 283 g/mol. The van der Waals surface area contributed by atoms with E-state index in [1.165, 1.54) is 16.0 Å². The zero-order valence-corrected chi connectivity index (χ0v) is 12.2. The number of hydrogen-bond donors (Lipinski definition) is 0. The van der Waals surface area contributed by atoms with Crippen LogP contribution in [0.3, 0.4) is 0 Å². The van der Waals surface area contributed by atoms with Gasteiger partial charge in [0.15, 0.2) is 0 Å². The molecule has 0 unspecified atom stereocenters. The van der Waals surface area contributed by atoms with Crippen LogP contribution in [0, 0.1) is 6.92 Å². The summed E-state index contributed by atoms with van der Waals surface area (Å²) in [5, 5.41) is 4.26. The fraction of sp³-hybridized carbons (Fsp3) is 0.0625. The van der Waals surface area contributed by atoms with Gasteiger partial charge in [-0.25, -0.2) is 4.98 Å².